The highest BCUT2D eigenvalue weighted by atomic mass is 32.2. The van der Waals surface area contributed by atoms with Crippen molar-refractivity contribution in [2.24, 2.45) is 0 Å². The van der Waals surface area contributed by atoms with Crippen LogP contribution in [0.25, 0.3) is 0 Å². The molecule has 0 saturated heterocycles. The number of ketones is 3. The maximum absolute atomic E-state index is 10.6. The first-order valence-electron chi connectivity index (χ1n) is 37.3. The van der Waals surface area contributed by atoms with Gasteiger partial charge in [-0.15, -0.1) is 11.8 Å². The van der Waals surface area contributed by atoms with Crippen LogP contribution in [0.3, 0.4) is 0 Å². The molecule has 0 aromatic carbocycles. The Morgan fingerprint density at radius 3 is 0.778 bits per heavy atom. The van der Waals surface area contributed by atoms with Gasteiger partial charge in [0.25, 0.3) is 0 Å². The van der Waals surface area contributed by atoms with Crippen LogP contribution in [-0.4, -0.2) is 302 Å². The minimum absolute atomic E-state index is 0.00264. The lowest BCUT2D eigenvalue weighted by Crippen LogP contribution is -2.16. The lowest BCUT2D eigenvalue weighted by Gasteiger charge is -2.03. The highest BCUT2D eigenvalue weighted by Crippen LogP contribution is 2.01. The minimum Gasteiger partial charge on any atom is -0.466 e. The molecule has 0 saturated carbocycles. The second kappa shape index (κ2) is 119. The van der Waals surface area contributed by atoms with Gasteiger partial charge in [-0.2, -0.15) is 0 Å². The summed E-state index contributed by atoms with van der Waals surface area (Å²) >= 11 is 3.03. The number of thioether (sulfide) groups is 2. The fourth-order valence-electron chi connectivity index (χ4n) is 3.74. The summed E-state index contributed by atoms with van der Waals surface area (Å²) in [5, 5.41) is 0. The van der Waals surface area contributed by atoms with Gasteiger partial charge in [0, 0.05) is 149 Å². The van der Waals surface area contributed by atoms with Crippen LogP contribution in [0, 0.1) is 0 Å². The molecule has 0 rings (SSSR count). The predicted octanol–water partition coefficient (Wildman–Crippen LogP) is 5.26. The number of rotatable bonds is 46. The van der Waals surface area contributed by atoms with Gasteiger partial charge in [-0.05, 0) is 54.2 Å². The van der Waals surface area contributed by atoms with Crippen molar-refractivity contribution in [3.05, 3.63) is 0 Å². The smallest absolute Gasteiger partial charge is 0.346 e. The van der Waals surface area contributed by atoms with E-state index in [1.807, 2.05) is 27.7 Å². The first-order chi connectivity index (χ1) is 59.0. The van der Waals surface area contributed by atoms with E-state index in [0.717, 1.165) is 5.75 Å². The Labute approximate surface area is 743 Å². The molecule has 0 N–H and O–H groups in total. The Morgan fingerprint density at radius 2 is 0.460 bits per heavy atom. The number of carbonyl (C=O) groups is 22. The highest BCUT2D eigenvalue weighted by Gasteiger charge is 2.08. The highest BCUT2D eigenvalue weighted by molar-refractivity contribution is 7.99. The average Bonchev–Trinajstić information content (AvgIpc) is 1.03. The molecule has 738 valence electrons. The summed E-state index contributed by atoms with van der Waals surface area (Å²) in [5.41, 5.74) is 0. The zero-order valence-corrected chi connectivity index (χ0v) is 78.8. The van der Waals surface area contributed by atoms with Crippen LogP contribution in [0.15, 0.2) is 0 Å². The van der Waals surface area contributed by atoms with Crippen LogP contribution in [0.1, 0.15) is 192 Å². The van der Waals surface area contributed by atoms with Gasteiger partial charge < -0.3 is 123 Å². The molecule has 0 unspecified atom stereocenters. The van der Waals surface area contributed by atoms with E-state index in [4.69, 9.17) is 33.2 Å². The summed E-state index contributed by atoms with van der Waals surface area (Å²) in [4.78, 5) is 225. The van der Waals surface area contributed by atoms with Crippen molar-refractivity contribution in [2.45, 2.75) is 192 Å². The second-order valence-electron chi connectivity index (χ2n) is 20.5. The fraction of sp³-hybridized carbons (Fsp3) is 0.711. The normalized spacial score (nSPS) is 8.84. The quantitative estimate of drug-likeness (QED) is 0.0324. The molecule has 0 bridgehead atoms. The zero-order valence-electron chi connectivity index (χ0n) is 77.2. The minimum atomic E-state index is -0.612. The molecule has 0 aliphatic heterocycles. The number of esters is 19. The molecule has 48 nitrogen and oxygen atoms in total. The largest absolute Gasteiger partial charge is 0.466 e. The van der Waals surface area contributed by atoms with Crippen LogP contribution >= 0.6 is 23.5 Å². The summed E-state index contributed by atoms with van der Waals surface area (Å²) in [5.74, 6) is -6.01. The summed E-state index contributed by atoms with van der Waals surface area (Å²) in [6, 6.07) is 0. The average molecular weight is 1880 g/mol. The Hall–Kier alpha value is -10.6. The molecule has 126 heavy (non-hydrogen) atoms. The van der Waals surface area contributed by atoms with Gasteiger partial charge in [0.2, 0.25) is 20.4 Å². The predicted molar refractivity (Wildman–Crippen MR) is 437 cm³/mol. The molecule has 0 amide bonds. The lowest BCUT2D eigenvalue weighted by atomic mass is 10.3. The number of methoxy groups -OCH3 is 1. The number of hydrogen-bond acceptors (Lipinski definition) is 50. The van der Waals surface area contributed by atoms with Gasteiger partial charge >= 0.3 is 113 Å². The maximum Gasteiger partial charge on any atom is 0.346 e. The van der Waals surface area contributed by atoms with E-state index in [-0.39, 0.29) is 148 Å². The molecule has 50 heteroatoms. The SMILES string of the molecule is CC(=O)COC(C)=O.CC(=O)OCOC(C)=O.CCC(=O)COC(C)=O.CCC(=O)COCOC(C)=O.CCC(=O)OCOC(C)=O.CCOC(=O)COC(C)=O.CCOCC(=O)OCOC(C)=O.CCOCOC(=O)COC(C)=O.CCOCOC(C)=O.CCOCOCOC(C)=O.CCOCSCOC(C)=O.CCSCOC(C)=O.COC(=O)COC(C)=O. The monoisotopic (exact) mass is 1880 g/mol. The van der Waals surface area contributed by atoms with Crippen molar-refractivity contribution in [1.82, 2.24) is 0 Å². The summed E-state index contributed by atoms with van der Waals surface area (Å²) in [6.45, 7) is 38.3. The molecule has 0 atom stereocenters. The maximum atomic E-state index is 10.6. The standard InChI is InChI=1S/2C7H12O5.C7H12O4.C6H12O4.2C6H10O4.C6H12O3S.C6H10O3.2C5H8O4.C5H8O3.C5H10O3.C5H10O2S/c1-3-10-5-12-7(9)4-11-6(2)8;1-3-10-4-7(9)12-5-11-6(2)8;1-3-7(9)4-10-5-11-6(2)8;1-3-8-4-9-5-10-6(2)7;1-3-9-6(8)4-10-5(2)7;1-3-6(8)10-4-9-5(2)7;1-3-8-4-10-5-9-6(2)7;1-3-6(8)4-9-5(2)7;1-4(6)9-3-5(7)8-2;1-4(6)8-3-9-5(2)7;1-4(6)3-8-5(2)7;1-3-7-4-8-5(2)6;1-3-8-4-7-5(2)6/h2*3-5H2,1-2H3;3-5H2,1-2H3;3-5H2,1-2H3;2*3-4H2,1-2H3;3-5H2,1-2H3;3-4H2,1-2H3;2*3H2,1-2H3;3H2,1-2H3;2*3-4H2,1-2H3. The topological polar surface area (TPSA) is 616 Å². The van der Waals surface area contributed by atoms with Crippen molar-refractivity contribution in [2.75, 3.05) is 171 Å². The van der Waals surface area contributed by atoms with E-state index >= 15 is 0 Å². The van der Waals surface area contributed by atoms with E-state index in [1.165, 1.54) is 123 Å². The lowest BCUT2D eigenvalue weighted by molar-refractivity contribution is -0.169. The van der Waals surface area contributed by atoms with E-state index < -0.39 is 83.6 Å². The van der Waals surface area contributed by atoms with E-state index in [1.54, 1.807) is 53.3 Å². The van der Waals surface area contributed by atoms with Crippen molar-refractivity contribution in [3.8, 4) is 0 Å². The molecule has 0 aromatic heterocycles. The van der Waals surface area contributed by atoms with E-state index in [9.17, 15) is 105 Å². The first kappa shape index (κ1) is 144. The van der Waals surface area contributed by atoms with Gasteiger partial charge in [-0.25, -0.2) is 19.2 Å². The van der Waals surface area contributed by atoms with Crippen molar-refractivity contribution in [3.63, 3.8) is 0 Å². The Morgan fingerprint density at radius 1 is 0.190 bits per heavy atom. The molecule has 0 aliphatic rings. The van der Waals surface area contributed by atoms with Crippen molar-refractivity contribution in [1.29, 1.82) is 0 Å². The van der Waals surface area contributed by atoms with E-state index in [2.05, 4.69) is 90.0 Å². The number of carbonyl (C=O) groups excluding carboxylic acids is 22. The third-order valence-corrected chi connectivity index (χ3v) is 10.6. The van der Waals surface area contributed by atoms with Crippen LogP contribution in [0.5, 0.6) is 0 Å². The first-order valence-corrected chi connectivity index (χ1v) is 39.6. The number of hydrogen-bond donors (Lipinski definition) is 0. The van der Waals surface area contributed by atoms with Crippen LogP contribution < -0.4 is 0 Å². The van der Waals surface area contributed by atoms with Gasteiger partial charge in [0.15, 0.2) is 71.1 Å². The third kappa shape index (κ3) is 206. The van der Waals surface area contributed by atoms with Gasteiger partial charge in [0.1, 0.15) is 38.3 Å². The molecule has 0 radical (unpaired) electrons. The molecule has 0 heterocycles. The summed E-state index contributed by atoms with van der Waals surface area (Å²) < 4.78 is 117. The van der Waals surface area contributed by atoms with Gasteiger partial charge in [0.05, 0.1) is 19.7 Å². The molecule has 0 fully saturated rings. The zero-order chi connectivity index (χ0) is 100. The number of Topliss-reactive ketones (excluding diaryl/α,β-unsaturated/α-hetero) is 3. The Bertz CT molecular complexity index is 2780. The number of ether oxygens (including phenoxy) is 26. The van der Waals surface area contributed by atoms with Crippen LogP contribution in [0.2, 0.25) is 0 Å². The molecular formula is C76H134O48S2. The third-order valence-electron chi connectivity index (χ3n) is 9.27. The summed E-state index contributed by atoms with van der Waals surface area (Å²) in [6.07, 6.45) is 1.16. The van der Waals surface area contributed by atoms with Crippen molar-refractivity contribution < 1.29 is 229 Å². The molecule has 0 aliphatic carbocycles. The summed E-state index contributed by atoms with van der Waals surface area (Å²) in [7, 11) is 1.23. The van der Waals surface area contributed by atoms with Gasteiger partial charge in [-0.3, -0.25) is 86.3 Å². The van der Waals surface area contributed by atoms with Crippen molar-refractivity contribution >= 4 is 154 Å². The van der Waals surface area contributed by atoms with Crippen LogP contribution in [0.4, 0.5) is 0 Å². The Balaban J connectivity index is -0.0000001000. The molecule has 0 aromatic rings. The van der Waals surface area contributed by atoms with Gasteiger partial charge in [-0.1, -0.05) is 39.5 Å². The fourth-order valence-corrected chi connectivity index (χ4v) is 4.76. The molecular weight excluding hydrogens is 1740 g/mol. The Kier molecular flexibility index (Phi) is 135. The molecule has 0 spiro atoms. The van der Waals surface area contributed by atoms with E-state index in [0.29, 0.717) is 76.7 Å². The second-order valence-corrected chi connectivity index (χ2v) is 22.6. The van der Waals surface area contributed by atoms with Crippen LogP contribution in [-0.2, 0) is 229 Å².